The molecule has 0 unspecified atom stereocenters. The Morgan fingerprint density at radius 1 is 0.344 bits per heavy atom. The molecule has 2 heteroatoms. The van der Waals surface area contributed by atoms with Crippen molar-refractivity contribution in [1.29, 1.82) is 0 Å². The molecule has 13 rings (SSSR count). The van der Waals surface area contributed by atoms with E-state index in [2.05, 4.69) is 212 Å². The summed E-state index contributed by atoms with van der Waals surface area (Å²) in [6.45, 7) is 2.17. The van der Waals surface area contributed by atoms with E-state index in [1.54, 1.807) is 0 Å². The van der Waals surface area contributed by atoms with Gasteiger partial charge in [-0.1, -0.05) is 159 Å². The minimum Gasteiger partial charge on any atom is -0.296 e. The van der Waals surface area contributed by atoms with E-state index in [0.717, 1.165) is 29.0 Å². The molecule has 0 saturated carbocycles. The van der Waals surface area contributed by atoms with E-state index in [9.17, 15) is 0 Å². The number of benzene rings is 11. The molecule has 0 N–H and O–H groups in total. The van der Waals surface area contributed by atoms with Crippen LogP contribution < -0.4 is 0 Å². The lowest BCUT2D eigenvalue weighted by molar-refractivity contribution is 0.908. The fourth-order valence-corrected chi connectivity index (χ4v) is 10.3. The van der Waals surface area contributed by atoms with Crippen LogP contribution in [0.5, 0.6) is 0 Å². The highest BCUT2D eigenvalue weighted by atomic mass is 15.1. The fraction of sp³-hybridized carbons (Fsp3) is 0.0339. The molecule has 1 aromatic heterocycles. The molecule has 0 spiro atoms. The van der Waals surface area contributed by atoms with E-state index >= 15 is 0 Å². The summed E-state index contributed by atoms with van der Waals surface area (Å²) in [7, 11) is 0. The third kappa shape index (κ3) is 5.19. The molecule has 0 aliphatic carbocycles. The summed E-state index contributed by atoms with van der Waals surface area (Å²) in [5.74, 6) is 1.07. The molecular weight excluding hydrogens is 737 g/mol. The molecule has 0 bridgehead atoms. The van der Waals surface area contributed by atoms with Gasteiger partial charge in [-0.25, -0.2) is 4.98 Å². The number of fused-ring (bicyclic) bond motifs is 4. The SMILES string of the molecule is CCc1nc2cc(-c3ccc(-c4ccc5cc(-c6cc7ccc8cccc9c%10cccc%11ccc%12cccc(c(c6)c7c89)c%12c%11%10)ccc5c4)cc3)ccc2n1-c1ccccc1. The van der Waals surface area contributed by atoms with Crippen LogP contribution in [0.25, 0.3) is 126 Å². The number of aromatic nitrogens is 2. The summed E-state index contributed by atoms with van der Waals surface area (Å²) in [6, 6.07) is 74.4. The van der Waals surface area contributed by atoms with Crippen LogP contribution in [-0.4, -0.2) is 9.55 Å². The Kier molecular flexibility index (Phi) is 7.32. The first-order chi connectivity index (χ1) is 30.2. The third-order valence-electron chi connectivity index (χ3n) is 13.2. The van der Waals surface area contributed by atoms with Gasteiger partial charge in [0.2, 0.25) is 0 Å². The predicted octanol–water partition coefficient (Wildman–Crippen LogP) is 16.1. The lowest BCUT2D eigenvalue weighted by Gasteiger charge is -2.17. The zero-order valence-electron chi connectivity index (χ0n) is 33.7. The summed E-state index contributed by atoms with van der Waals surface area (Å²) in [5.41, 5.74) is 10.5. The standard InChI is InChI=1S/C59H38N2/c1-2-55-60-53-35-45(29-30-54(53)61(55)48-12-4-3-5-13-48)37-19-17-36(18-20-37)41-24-25-43-32-44(27-26-42(43)31-41)47-33-46-28-23-40-10-7-15-50-49-14-6-9-38-21-22-39-11-8-16-51(58(39)56(38)49)52(34-47)59(46)57(40)50/h3-35H,2H2,1H3. The first-order valence-corrected chi connectivity index (χ1v) is 21.3. The number of aryl methyl sites for hydroxylation is 1. The summed E-state index contributed by atoms with van der Waals surface area (Å²) >= 11 is 0. The number of hydrogen-bond donors (Lipinski definition) is 0. The molecule has 0 radical (unpaired) electrons. The highest BCUT2D eigenvalue weighted by Gasteiger charge is 2.17. The molecule has 0 amide bonds. The molecular formula is C59H38N2. The quantitative estimate of drug-likeness (QED) is 0.159. The summed E-state index contributed by atoms with van der Waals surface area (Å²) in [4.78, 5) is 5.04. The largest absolute Gasteiger partial charge is 0.296 e. The molecule has 0 aliphatic heterocycles. The van der Waals surface area contributed by atoms with Crippen molar-refractivity contribution in [1.82, 2.24) is 9.55 Å². The second-order valence-electron chi connectivity index (χ2n) is 16.6. The highest BCUT2D eigenvalue weighted by molar-refractivity contribution is 6.37. The van der Waals surface area contributed by atoms with Gasteiger partial charge in [-0.3, -0.25) is 4.57 Å². The van der Waals surface area contributed by atoms with Gasteiger partial charge in [-0.05, 0) is 157 Å². The van der Waals surface area contributed by atoms with Crippen LogP contribution >= 0.6 is 0 Å². The Hall–Kier alpha value is -7.81. The van der Waals surface area contributed by atoms with Gasteiger partial charge >= 0.3 is 0 Å². The summed E-state index contributed by atoms with van der Waals surface area (Å²) in [6.07, 6.45) is 0.869. The van der Waals surface area contributed by atoms with Crippen LogP contribution in [0, 0.1) is 0 Å². The van der Waals surface area contributed by atoms with Crippen molar-refractivity contribution in [3.63, 3.8) is 0 Å². The van der Waals surface area contributed by atoms with Gasteiger partial charge in [0.05, 0.1) is 11.0 Å². The minimum absolute atomic E-state index is 0.869. The first kappa shape index (κ1) is 34.1. The number of imidazole rings is 1. The molecule has 1 heterocycles. The smallest absolute Gasteiger partial charge is 0.114 e. The van der Waals surface area contributed by atoms with Crippen molar-refractivity contribution < 1.29 is 0 Å². The molecule has 12 aromatic carbocycles. The molecule has 2 nitrogen and oxygen atoms in total. The monoisotopic (exact) mass is 774 g/mol. The van der Waals surface area contributed by atoms with Gasteiger partial charge in [0.15, 0.2) is 0 Å². The molecule has 61 heavy (non-hydrogen) atoms. The zero-order valence-corrected chi connectivity index (χ0v) is 33.7. The molecule has 0 saturated heterocycles. The maximum absolute atomic E-state index is 5.04. The van der Waals surface area contributed by atoms with Crippen molar-refractivity contribution in [2.24, 2.45) is 0 Å². The van der Waals surface area contributed by atoms with E-state index in [1.807, 2.05) is 0 Å². The lowest BCUT2D eigenvalue weighted by atomic mass is 9.86. The minimum atomic E-state index is 0.869. The van der Waals surface area contributed by atoms with Crippen molar-refractivity contribution >= 4 is 86.4 Å². The highest BCUT2D eigenvalue weighted by Crippen LogP contribution is 2.45. The van der Waals surface area contributed by atoms with Crippen molar-refractivity contribution in [2.75, 3.05) is 0 Å². The van der Waals surface area contributed by atoms with Crippen LogP contribution in [0.1, 0.15) is 12.7 Å². The lowest BCUT2D eigenvalue weighted by Crippen LogP contribution is -1.99. The number of hydrogen-bond acceptors (Lipinski definition) is 1. The van der Waals surface area contributed by atoms with Crippen molar-refractivity contribution in [3.05, 3.63) is 206 Å². The van der Waals surface area contributed by atoms with Crippen LogP contribution in [0.4, 0.5) is 0 Å². The van der Waals surface area contributed by atoms with Crippen molar-refractivity contribution in [3.8, 4) is 39.1 Å². The number of para-hydroxylation sites is 1. The van der Waals surface area contributed by atoms with Crippen LogP contribution in [0.2, 0.25) is 0 Å². The average molecular weight is 775 g/mol. The second kappa shape index (κ2) is 13.1. The maximum atomic E-state index is 5.04. The van der Waals surface area contributed by atoms with Gasteiger partial charge in [-0.2, -0.15) is 0 Å². The van der Waals surface area contributed by atoms with Gasteiger partial charge < -0.3 is 0 Å². The first-order valence-electron chi connectivity index (χ1n) is 21.3. The van der Waals surface area contributed by atoms with E-state index < -0.39 is 0 Å². The Balaban J connectivity index is 0.894. The summed E-state index contributed by atoms with van der Waals surface area (Å²) < 4.78 is 2.28. The molecule has 284 valence electrons. The van der Waals surface area contributed by atoms with Gasteiger partial charge in [0.1, 0.15) is 5.82 Å². The fourth-order valence-electron chi connectivity index (χ4n) is 10.3. The van der Waals surface area contributed by atoms with E-state index in [0.29, 0.717) is 0 Å². The average Bonchev–Trinajstić information content (AvgIpc) is 3.70. The van der Waals surface area contributed by atoms with E-state index in [4.69, 9.17) is 4.98 Å². The van der Waals surface area contributed by atoms with E-state index in [-0.39, 0.29) is 0 Å². The van der Waals surface area contributed by atoms with Crippen LogP contribution in [0.3, 0.4) is 0 Å². The Morgan fingerprint density at radius 2 is 0.803 bits per heavy atom. The van der Waals surface area contributed by atoms with Gasteiger partial charge in [0, 0.05) is 12.1 Å². The van der Waals surface area contributed by atoms with Gasteiger partial charge in [-0.15, -0.1) is 0 Å². The third-order valence-corrected chi connectivity index (χ3v) is 13.2. The topological polar surface area (TPSA) is 17.8 Å². The summed E-state index contributed by atoms with van der Waals surface area (Å²) in [5, 5.41) is 18.1. The van der Waals surface area contributed by atoms with Crippen LogP contribution in [0.15, 0.2) is 200 Å². The number of rotatable bonds is 5. The Morgan fingerprint density at radius 3 is 1.39 bits per heavy atom. The molecule has 13 aromatic rings. The Labute approximate surface area is 352 Å². The molecule has 0 atom stereocenters. The molecule has 0 fully saturated rings. The van der Waals surface area contributed by atoms with Crippen molar-refractivity contribution in [2.45, 2.75) is 13.3 Å². The van der Waals surface area contributed by atoms with E-state index in [1.165, 1.54) is 109 Å². The maximum Gasteiger partial charge on any atom is 0.114 e. The number of nitrogens with zero attached hydrogens (tertiary/aromatic N) is 2. The predicted molar refractivity (Wildman–Crippen MR) is 260 cm³/mol. The van der Waals surface area contributed by atoms with Crippen LogP contribution in [-0.2, 0) is 6.42 Å². The van der Waals surface area contributed by atoms with Gasteiger partial charge in [0.25, 0.3) is 0 Å². The normalized spacial score (nSPS) is 12.1. The Bertz CT molecular complexity index is 3890. The zero-order chi connectivity index (χ0) is 40.2. The molecule has 0 aliphatic rings. The second-order valence-corrected chi connectivity index (χ2v) is 16.6.